The van der Waals surface area contributed by atoms with E-state index >= 15 is 0 Å². The Hall–Kier alpha value is -1.75. The van der Waals surface area contributed by atoms with Gasteiger partial charge in [0.2, 0.25) is 0 Å². The van der Waals surface area contributed by atoms with Crippen LogP contribution in [-0.2, 0) is 0 Å². The highest BCUT2D eigenvalue weighted by molar-refractivity contribution is 5.80. The quantitative estimate of drug-likeness (QED) is 0.472. The van der Waals surface area contributed by atoms with Crippen LogP contribution in [0.5, 0.6) is 0 Å². The first-order valence-electron chi connectivity index (χ1n) is 9.57. The molecule has 0 amide bonds. The zero-order chi connectivity index (χ0) is 18.1. The minimum absolute atomic E-state index is 0.0365. The van der Waals surface area contributed by atoms with E-state index in [-0.39, 0.29) is 5.54 Å². The van der Waals surface area contributed by atoms with Gasteiger partial charge < -0.3 is 15.5 Å². The molecule has 1 aromatic rings. The van der Waals surface area contributed by atoms with E-state index in [1.54, 1.807) is 0 Å². The predicted molar refractivity (Wildman–Crippen MR) is 109 cm³/mol. The smallest absolute Gasteiger partial charge is 0.191 e. The zero-order valence-corrected chi connectivity index (χ0v) is 16.4. The Labute approximate surface area is 153 Å². The second kappa shape index (κ2) is 9.66. The van der Waals surface area contributed by atoms with Crippen molar-refractivity contribution < 1.29 is 0 Å². The lowest BCUT2D eigenvalue weighted by atomic mass is 10.1. The molecule has 0 atom stereocenters. The van der Waals surface area contributed by atoms with Crippen molar-refractivity contribution in [2.45, 2.75) is 39.7 Å². The highest BCUT2D eigenvalue weighted by atomic mass is 15.3. The third-order valence-electron chi connectivity index (χ3n) is 4.23. The van der Waals surface area contributed by atoms with Gasteiger partial charge in [-0.05, 0) is 46.2 Å². The monoisotopic (exact) mass is 345 g/mol. The molecule has 5 heteroatoms. The van der Waals surface area contributed by atoms with Crippen LogP contribution in [0.25, 0.3) is 0 Å². The van der Waals surface area contributed by atoms with Crippen LogP contribution in [0.4, 0.5) is 5.69 Å². The van der Waals surface area contributed by atoms with Crippen molar-refractivity contribution in [3.63, 3.8) is 0 Å². The Morgan fingerprint density at radius 3 is 2.36 bits per heavy atom. The molecule has 140 valence electrons. The molecule has 0 spiro atoms. The summed E-state index contributed by atoms with van der Waals surface area (Å²) >= 11 is 0. The van der Waals surface area contributed by atoms with Crippen molar-refractivity contribution in [1.29, 1.82) is 0 Å². The SMILES string of the molecule is CCNC(=NCCCN1CCN(c2ccccc2)CC1)NC(C)(C)C. The summed E-state index contributed by atoms with van der Waals surface area (Å²) in [5.41, 5.74) is 1.38. The fraction of sp³-hybridized carbons (Fsp3) is 0.650. The molecule has 0 bridgehead atoms. The van der Waals surface area contributed by atoms with E-state index in [2.05, 4.69) is 78.5 Å². The number of nitrogens with one attached hydrogen (secondary N) is 2. The van der Waals surface area contributed by atoms with Crippen LogP contribution in [-0.4, -0.2) is 62.2 Å². The molecule has 1 aromatic carbocycles. The van der Waals surface area contributed by atoms with Crippen LogP contribution in [0.2, 0.25) is 0 Å². The van der Waals surface area contributed by atoms with Crippen LogP contribution < -0.4 is 15.5 Å². The maximum Gasteiger partial charge on any atom is 0.191 e. The summed E-state index contributed by atoms with van der Waals surface area (Å²) in [7, 11) is 0. The summed E-state index contributed by atoms with van der Waals surface area (Å²) in [5, 5.41) is 6.76. The zero-order valence-electron chi connectivity index (χ0n) is 16.4. The first kappa shape index (κ1) is 19.6. The maximum absolute atomic E-state index is 4.70. The second-order valence-electron chi connectivity index (χ2n) is 7.65. The normalized spacial score (nSPS) is 16.8. The van der Waals surface area contributed by atoms with Gasteiger partial charge >= 0.3 is 0 Å². The first-order valence-corrected chi connectivity index (χ1v) is 9.57. The van der Waals surface area contributed by atoms with Crippen LogP contribution in [0.1, 0.15) is 34.1 Å². The molecule has 0 unspecified atom stereocenters. The Morgan fingerprint density at radius 1 is 1.08 bits per heavy atom. The third-order valence-corrected chi connectivity index (χ3v) is 4.23. The number of piperazine rings is 1. The largest absolute Gasteiger partial charge is 0.369 e. The first-order chi connectivity index (χ1) is 12.0. The average molecular weight is 346 g/mol. The molecule has 2 rings (SSSR count). The standard InChI is InChI=1S/C20H35N5/c1-5-21-19(23-20(2,3)4)22-12-9-13-24-14-16-25(17-15-24)18-10-7-6-8-11-18/h6-8,10-11H,5,9,12-17H2,1-4H3,(H2,21,22,23). The van der Waals surface area contributed by atoms with Crippen molar-refractivity contribution in [3.8, 4) is 0 Å². The molecule has 1 heterocycles. The van der Waals surface area contributed by atoms with Gasteiger partial charge in [-0.25, -0.2) is 0 Å². The number of nitrogens with zero attached hydrogens (tertiary/aromatic N) is 3. The number of hydrogen-bond acceptors (Lipinski definition) is 3. The van der Waals surface area contributed by atoms with Crippen LogP contribution in [0, 0.1) is 0 Å². The van der Waals surface area contributed by atoms with E-state index in [1.807, 2.05) is 0 Å². The highest BCUT2D eigenvalue weighted by Gasteiger charge is 2.16. The van der Waals surface area contributed by atoms with Crippen LogP contribution in [0.3, 0.4) is 0 Å². The molecule has 1 aliphatic heterocycles. The van der Waals surface area contributed by atoms with Crippen molar-refractivity contribution >= 4 is 11.6 Å². The number of guanidine groups is 1. The molecule has 2 N–H and O–H groups in total. The molecule has 0 aliphatic carbocycles. The van der Waals surface area contributed by atoms with Gasteiger partial charge in [0.25, 0.3) is 0 Å². The number of anilines is 1. The second-order valence-corrected chi connectivity index (χ2v) is 7.65. The Kier molecular flexibility index (Phi) is 7.56. The number of aliphatic imine (C=N–C) groups is 1. The van der Waals surface area contributed by atoms with Crippen LogP contribution in [0.15, 0.2) is 35.3 Å². The van der Waals surface area contributed by atoms with Gasteiger partial charge in [-0.2, -0.15) is 0 Å². The van der Waals surface area contributed by atoms with Gasteiger partial charge in [-0.1, -0.05) is 18.2 Å². The minimum atomic E-state index is 0.0365. The average Bonchev–Trinajstić information content (AvgIpc) is 2.59. The van der Waals surface area contributed by atoms with E-state index in [0.717, 1.165) is 58.2 Å². The molecule has 0 aromatic heterocycles. The van der Waals surface area contributed by atoms with Crippen molar-refractivity contribution in [2.24, 2.45) is 4.99 Å². The molecule has 0 radical (unpaired) electrons. The van der Waals surface area contributed by atoms with Crippen molar-refractivity contribution in [2.75, 3.05) is 50.7 Å². The topological polar surface area (TPSA) is 42.9 Å². The molecular formula is C20H35N5. The van der Waals surface area contributed by atoms with Gasteiger partial charge in [-0.15, -0.1) is 0 Å². The lowest BCUT2D eigenvalue weighted by molar-refractivity contribution is 0.256. The van der Waals surface area contributed by atoms with Gasteiger partial charge in [0.15, 0.2) is 5.96 Å². The summed E-state index contributed by atoms with van der Waals surface area (Å²) in [6.45, 7) is 16.0. The van der Waals surface area contributed by atoms with Crippen molar-refractivity contribution in [3.05, 3.63) is 30.3 Å². The van der Waals surface area contributed by atoms with Gasteiger partial charge in [0.05, 0.1) is 0 Å². The minimum Gasteiger partial charge on any atom is -0.369 e. The third kappa shape index (κ3) is 7.34. The van der Waals surface area contributed by atoms with Crippen LogP contribution >= 0.6 is 0 Å². The summed E-state index contributed by atoms with van der Waals surface area (Å²) in [5.74, 6) is 0.920. The lowest BCUT2D eigenvalue weighted by Gasteiger charge is -2.36. The molecule has 5 nitrogen and oxygen atoms in total. The van der Waals surface area contributed by atoms with E-state index in [4.69, 9.17) is 4.99 Å². The molecule has 1 saturated heterocycles. The molecule has 25 heavy (non-hydrogen) atoms. The number of rotatable bonds is 6. The lowest BCUT2D eigenvalue weighted by Crippen LogP contribution is -2.48. The number of hydrogen-bond donors (Lipinski definition) is 2. The summed E-state index contributed by atoms with van der Waals surface area (Å²) in [6.07, 6.45) is 1.10. The predicted octanol–water partition coefficient (Wildman–Crippen LogP) is 2.55. The fourth-order valence-corrected chi connectivity index (χ4v) is 3.02. The van der Waals surface area contributed by atoms with Crippen molar-refractivity contribution in [1.82, 2.24) is 15.5 Å². The van der Waals surface area contributed by atoms with Gasteiger partial charge in [0, 0.05) is 57.0 Å². The fourth-order valence-electron chi connectivity index (χ4n) is 3.02. The molecule has 0 saturated carbocycles. The molecule has 1 fully saturated rings. The Bertz CT molecular complexity index is 513. The van der Waals surface area contributed by atoms with E-state index < -0.39 is 0 Å². The molecule has 1 aliphatic rings. The summed E-state index contributed by atoms with van der Waals surface area (Å²) < 4.78 is 0. The summed E-state index contributed by atoms with van der Waals surface area (Å²) in [6, 6.07) is 10.7. The van der Waals surface area contributed by atoms with E-state index in [1.165, 1.54) is 5.69 Å². The Balaban J connectivity index is 1.69. The van der Waals surface area contributed by atoms with Gasteiger partial charge in [0.1, 0.15) is 0 Å². The maximum atomic E-state index is 4.70. The number of para-hydroxylation sites is 1. The number of benzene rings is 1. The van der Waals surface area contributed by atoms with Gasteiger partial charge in [-0.3, -0.25) is 9.89 Å². The van der Waals surface area contributed by atoms with E-state index in [9.17, 15) is 0 Å². The molecular weight excluding hydrogens is 310 g/mol. The summed E-state index contributed by atoms with van der Waals surface area (Å²) in [4.78, 5) is 9.74. The van der Waals surface area contributed by atoms with E-state index in [0.29, 0.717) is 0 Å². The highest BCUT2D eigenvalue weighted by Crippen LogP contribution is 2.15. The Morgan fingerprint density at radius 2 is 1.76 bits per heavy atom.